The maximum atomic E-state index is 11.2. The topological polar surface area (TPSA) is 186 Å². The van der Waals surface area contributed by atoms with Gasteiger partial charge in [-0.1, -0.05) is 0 Å². The molecule has 0 aromatic carbocycles. The van der Waals surface area contributed by atoms with E-state index < -0.39 is 53.0 Å². The van der Waals surface area contributed by atoms with E-state index in [1.165, 1.54) is 0 Å². The van der Waals surface area contributed by atoms with Gasteiger partial charge in [-0.05, 0) is 0 Å². The molecule has 1 rings (SSSR count). The second-order valence-electron chi connectivity index (χ2n) is 3.51. The van der Waals surface area contributed by atoms with Crippen LogP contribution < -0.4 is 68.9 Å². The van der Waals surface area contributed by atoms with Crippen LogP contribution in [0.4, 0.5) is 0 Å². The zero-order chi connectivity index (χ0) is 14.8. The Morgan fingerprint density at radius 3 is 2.05 bits per heavy atom. The fourth-order valence-electron chi connectivity index (χ4n) is 1.06. The summed E-state index contributed by atoms with van der Waals surface area (Å²) in [5.41, 5.74) is 0. The van der Waals surface area contributed by atoms with Gasteiger partial charge in [-0.2, -0.15) is 0 Å². The van der Waals surface area contributed by atoms with Crippen molar-refractivity contribution in [1.82, 2.24) is 0 Å². The first-order valence-corrected chi connectivity index (χ1v) is 7.65. The third kappa shape index (κ3) is 8.46. The van der Waals surface area contributed by atoms with Gasteiger partial charge < -0.3 is 34.2 Å². The van der Waals surface area contributed by atoms with Crippen molar-refractivity contribution in [1.29, 1.82) is 0 Å². The first kappa shape index (κ1) is 25.1. The second-order valence-corrected chi connectivity index (χ2v) is 6.47. The molecule has 0 bridgehead atoms. The van der Waals surface area contributed by atoms with E-state index in [2.05, 4.69) is 13.4 Å². The summed E-state index contributed by atoms with van der Waals surface area (Å²) in [6, 6.07) is 0. The average molecular weight is 366 g/mol. The summed E-state index contributed by atoms with van der Waals surface area (Å²) in [5, 5.41) is 27.8. The minimum Gasteiger partial charge on any atom is -0.756 e. The number of phosphoric ester groups is 2. The Balaban J connectivity index is 0. The van der Waals surface area contributed by atoms with Gasteiger partial charge >= 0.3 is 59.1 Å². The summed E-state index contributed by atoms with van der Waals surface area (Å²) in [4.78, 5) is 33.2. The molecule has 11 nitrogen and oxygen atoms in total. The summed E-state index contributed by atoms with van der Waals surface area (Å²) in [6.07, 6.45) is -6.23. The Bertz CT molecular complexity index is 444. The van der Waals surface area contributed by atoms with Gasteiger partial charge in [0, 0.05) is 0 Å². The maximum absolute atomic E-state index is 11.2. The summed E-state index contributed by atoms with van der Waals surface area (Å²) < 4.78 is 33.4. The number of aliphatic hydroxyl groups excluding tert-OH is 3. The number of ketones is 1. The zero-order valence-electron chi connectivity index (χ0n) is 11.1. The fraction of sp³-hybridized carbons (Fsp3) is 0.833. The Labute approximate surface area is 163 Å². The first-order chi connectivity index (χ1) is 8.54. The summed E-state index contributed by atoms with van der Waals surface area (Å²) >= 11 is 0. The van der Waals surface area contributed by atoms with Gasteiger partial charge in [0.2, 0.25) is 0 Å². The molecule has 1 heterocycles. The van der Waals surface area contributed by atoms with Crippen molar-refractivity contribution in [2.75, 3.05) is 13.2 Å². The largest absolute Gasteiger partial charge is 1.00 e. The van der Waals surface area contributed by atoms with Crippen LogP contribution in [0, 0.1) is 0 Å². The smallest absolute Gasteiger partial charge is 0.756 e. The third-order valence-electron chi connectivity index (χ3n) is 2.02. The molecule has 0 spiro atoms. The fourth-order valence-corrected chi connectivity index (χ4v) is 3.04. The van der Waals surface area contributed by atoms with Gasteiger partial charge in [0.25, 0.3) is 15.6 Å². The number of hydrogen-bond donors (Lipinski definition) is 3. The van der Waals surface area contributed by atoms with Crippen molar-refractivity contribution in [3.63, 3.8) is 0 Å². The number of rotatable bonds is 0. The summed E-state index contributed by atoms with van der Waals surface area (Å²) in [6.45, 7) is -2.39. The maximum Gasteiger partial charge on any atom is 1.00 e. The average Bonchev–Trinajstić information content (AvgIpc) is 2.29. The van der Waals surface area contributed by atoms with Gasteiger partial charge in [0.15, 0.2) is 5.78 Å². The van der Waals surface area contributed by atoms with Gasteiger partial charge in [-0.3, -0.25) is 13.9 Å². The van der Waals surface area contributed by atoms with Gasteiger partial charge in [-0.15, -0.1) is 0 Å². The predicted octanol–water partition coefficient (Wildman–Crippen LogP) is -9.35. The van der Waals surface area contributed by atoms with Crippen LogP contribution in [-0.2, 0) is 27.3 Å². The van der Waals surface area contributed by atoms with Crippen molar-refractivity contribution in [3.8, 4) is 0 Å². The summed E-state index contributed by atoms with van der Waals surface area (Å²) in [5.74, 6) is -1.30. The molecule has 15 heteroatoms. The van der Waals surface area contributed by atoms with Gasteiger partial charge in [0.05, 0.1) is 6.61 Å². The van der Waals surface area contributed by atoms with Crippen LogP contribution in [0.2, 0.25) is 0 Å². The van der Waals surface area contributed by atoms with Crippen LogP contribution in [0.1, 0.15) is 0 Å². The van der Waals surface area contributed by atoms with E-state index >= 15 is 0 Å². The molecule has 112 valence electrons. The standard InChI is InChI=1S/C6H12O11P2.2Na/c7-3-1-15-18(11,12)17-19(13,14)16-2-4(8)6(10)5(3)9;;/h3,5-7,9-10H,1-2H2,(H,11,12)(H,13,14);;/q;2*+1/p-2/t3-,5-,6-;;/m1../s1. The molecule has 1 aliphatic heterocycles. The van der Waals surface area contributed by atoms with E-state index in [0.29, 0.717) is 0 Å². The number of aliphatic hydroxyl groups is 3. The van der Waals surface area contributed by atoms with E-state index in [1.54, 1.807) is 0 Å². The van der Waals surface area contributed by atoms with Crippen LogP contribution in [0.5, 0.6) is 0 Å². The third-order valence-corrected chi connectivity index (χ3v) is 4.53. The van der Waals surface area contributed by atoms with E-state index in [9.17, 15) is 39.0 Å². The number of Topliss-reactive ketones (excluding diaryl/α,β-unsaturated/α-hetero) is 1. The normalized spacial score (nSPS) is 42.1. The molecule has 21 heavy (non-hydrogen) atoms. The first-order valence-electron chi connectivity index (χ1n) is 4.73. The van der Waals surface area contributed by atoms with Gasteiger partial charge in [-0.25, -0.2) is 4.31 Å². The van der Waals surface area contributed by atoms with E-state index in [4.69, 9.17) is 0 Å². The van der Waals surface area contributed by atoms with E-state index in [-0.39, 0.29) is 59.1 Å². The van der Waals surface area contributed by atoms with Crippen molar-refractivity contribution in [2.45, 2.75) is 18.3 Å². The Kier molecular flexibility index (Phi) is 11.9. The van der Waals surface area contributed by atoms with Crippen molar-refractivity contribution in [3.05, 3.63) is 0 Å². The molecule has 0 amide bonds. The number of carbonyl (C=O) groups is 1. The molecular weight excluding hydrogens is 356 g/mol. The van der Waals surface area contributed by atoms with Crippen molar-refractivity contribution in [2.24, 2.45) is 0 Å². The minimum atomic E-state index is -5.39. The number of hydrogen-bond acceptors (Lipinski definition) is 11. The molecule has 0 saturated carbocycles. The van der Waals surface area contributed by atoms with Crippen molar-refractivity contribution >= 4 is 21.4 Å². The SMILES string of the molecule is O=C1COP(=O)([O-])OP(=O)([O-])OC[C@@H](O)[C@@H](O)[C@@H]1O.[Na+].[Na+]. The molecule has 0 radical (unpaired) electrons. The van der Waals surface area contributed by atoms with Crippen molar-refractivity contribution < 1.29 is 112 Å². The number of phosphoric acid groups is 2. The zero-order valence-corrected chi connectivity index (χ0v) is 16.9. The minimum absolute atomic E-state index is 0. The molecule has 0 aromatic rings. The van der Waals surface area contributed by atoms with Crippen LogP contribution in [-0.4, -0.2) is 52.6 Å². The Morgan fingerprint density at radius 1 is 1.05 bits per heavy atom. The van der Waals surface area contributed by atoms with Crippen LogP contribution >= 0.6 is 15.6 Å². The molecule has 1 saturated heterocycles. The molecule has 0 aliphatic carbocycles. The Morgan fingerprint density at radius 2 is 1.52 bits per heavy atom. The monoisotopic (exact) mass is 366 g/mol. The van der Waals surface area contributed by atoms with Crippen LogP contribution in [0.25, 0.3) is 0 Å². The molecule has 2 unspecified atom stereocenters. The molecule has 0 aromatic heterocycles. The van der Waals surface area contributed by atoms with Crippen LogP contribution in [0.3, 0.4) is 0 Å². The van der Waals surface area contributed by atoms with Crippen LogP contribution in [0.15, 0.2) is 0 Å². The quantitative estimate of drug-likeness (QED) is 0.273. The number of carbonyl (C=O) groups excluding carboxylic acids is 1. The predicted molar refractivity (Wildman–Crippen MR) is 51.2 cm³/mol. The molecule has 3 N–H and O–H groups in total. The molecule has 1 fully saturated rings. The Hall–Kier alpha value is 1.81. The van der Waals surface area contributed by atoms with Gasteiger partial charge in [0.1, 0.15) is 24.9 Å². The molecule has 1 aliphatic rings. The second kappa shape index (κ2) is 9.95. The summed E-state index contributed by atoms with van der Waals surface area (Å²) in [7, 11) is -10.8. The van der Waals surface area contributed by atoms with E-state index in [1.807, 2.05) is 0 Å². The molecular formula is C6H10Na2O11P2. The van der Waals surface area contributed by atoms with E-state index in [0.717, 1.165) is 0 Å². The molecule has 5 atom stereocenters.